The SMILES string of the molecule is CCCCCCC/C=C\C/C=C\CCCCCCCCCCCC(=O)OC(COCCCCCCCCCCCC/C=C\CCCCCCCCCC)COC1OC(COC2OC(CO)C(O)C(O)C2O)C(O)C(O)C1O. The van der Waals surface area contributed by atoms with E-state index in [1.165, 1.54) is 180 Å². The molecule has 0 aromatic carbocycles. The van der Waals surface area contributed by atoms with Crippen LogP contribution in [0.4, 0.5) is 0 Å². The first-order valence-corrected chi connectivity index (χ1v) is 31.6. The summed E-state index contributed by atoms with van der Waals surface area (Å²) in [5.74, 6) is -0.377. The summed E-state index contributed by atoms with van der Waals surface area (Å²) >= 11 is 0. The molecule has 0 spiro atoms. The van der Waals surface area contributed by atoms with Crippen molar-refractivity contribution >= 4 is 5.97 Å². The normalized spacial score (nSPS) is 24.5. The van der Waals surface area contributed by atoms with E-state index in [1.54, 1.807) is 0 Å². The van der Waals surface area contributed by atoms with Gasteiger partial charge in [-0.3, -0.25) is 4.79 Å². The number of carbonyl (C=O) groups excluding carboxylic acids is 1. The average molecular weight is 1100 g/mol. The van der Waals surface area contributed by atoms with E-state index in [0.29, 0.717) is 13.0 Å². The van der Waals surface area contributed by atoms with Gasteiger partial charge in [0.05, 0.1) is 26.4 Å². The molecule has 2 saturated heterocycles. The fraction of sp³-hybridized carbons (Fsp3) is 0.889. The molecule has 452 valence electrons. The molecule has 2 rings (SSSR count). The molecular formula is C63H116O14. The second kappa shape index (κ2) is 50.0. The third-order valence-corrected chi connectivity index (χ3v) is 15.1. The molecule has 14 heteroatoms. The van der Waals surface area contributed by atoms with Crippen molar-refractivity contribution in [1.29, 1.82) is 0 Å². The van der Waals surface area contributed by atoms with Gasteiger partial charge >= 0.3 is 5.97 Å². The fourth-order valence-corrected chi connectivity index (χ4v) is 10.0. The van der Waals surface area contributed by atoms with Crippen molar-refractivity contribution in [3.63, 3.8) is 0 Å². The van der Waals surface area contributed by atoms with E-state index in [9.17, 15) is 40.5 Å². The van der Waals surface area contributed by atoms with Gasteiger partial charge in [-0.2, -0.15) is 0 Å². The molecule has 77 heavy (non-hydrogen) atoms. The Morgan fingerprint density at radius 3 is 1.26 bits per heavy atom. The summed E-state index contributed by atoms with van der Waals surface area (Å²) < 4.78 is 34.5. The van der Waals surface area contributed by atoms with E-state index in [2.05, 4.69) is 50.3 Å². The van der Waals surface area contributed by atoms with Gasteiger partial charge in [-0.1, -0.05) is 217 Å². The Hall–Kier alpha value is -1.79. The van der Waals surface area contributed by atoms with Crippen molar-refractivity contribution in [3.8, 4) is 0 Å². The van der Waals surface area contributed by atoms with Crippen LogP contribution in [0.15, 0.2) is 36.5 Å². The molecule has 0 aliphatic carbocycles. The third-order valence-electron chi connectivity index (χ3n) is 15.1. The molecule has 11 unspecified atom stereocenters. The number of allylic oxidation sites excluding steroid dienone is 6. The van der Waals surface area contributed by atoms with Gasteiger partial charge in [0.1, 0.15) is 54.9 Å². The van der Waals surface area contributed by atoms with E-state index in [1.807, 2.05) is 0 Å². The lowest BCUT2D eigenvalue weighted by atomic mass is 9.98. The summed E-state index contributed by atoms with van der Waals surface area (Å²) in [7, 11) is 0. The smallest absolute Gasteiger partial charge is 0.306 e. The number of hydrogen-bond donors (Lipinski definition) is 7. The Bertz CT molecular complexity index is 1410. The van der Waals surface area contributed by atoms with Crippen LogP contribution in [-0.2, 0) is 33.2 Å². The molecule has 0 radical (unpaired) electrons. The molecule has 0 saturated carbocycles. The van der Waals surface area contributed by atoms with E-state index in [4.69, 9.17) is 28.4 Å². The summed E-state index contributed by atoms with van der Waals surface area (Å²) in [5.41, 5.74) is 0. The minimum Gasteiger partial charge on any atom is -0.457 e. The van der Waals surface area contributed by atoms with E-state index in [0.717, 1.165) is 51.4 Å². The van der Waals surface area contributed by atoms with Gasteiger partial charge in [0.15, 0.2) is 12.6 Å². The Balaban J connectivity index is 1.69. The second-order valence-electron chi connectivity index (χ2n) is 22.2. The van der Waals surface area contributed by atoms with Crippen LogP contribution in [0.5, 0.6) is 0 Å². The standard InChI is InChI=1S/C63H116O14/c1-3-5-7-9-11-13-15-17-19-21-23-25-27-29-31-33-35-37-39-41-43-45-47-72-49-52(50-73-62-61(71)59(69)57(67)54(77-62)51-74-63-60(70)58(68)56(66)53(48-64)76-63)75-55(65)46-44-42-40-38-36-34-32-30-28-26-24-22-20-18-16-14-12-10-8-6-4-2/h16,18,21-24,52-54,56-64,66-71H,3-15,17,19-20,25-51H2,1-2H3/b18-16-,23-21-,24-22-. The number of aliphatic hydroxyl groups is 7. The number of hydrogen-bond acceptors (Lipinski definition) is 14. The topological polar surface area (TPSA) is 214 Å². The fourth-order valence-electron chi connectivity index (χ4n) is 10.0. The minimum atomic E-state index is -1.71. The van der Waals surface area contributed by atoms with Gasteiger partial charge in [0.2, 0.25) is 0 Å². The van der Waals surface area contributed by atoms with Crippen molar-refractivity contribution in [1.82, 2.24) is 0 Å². The molecular weight excluding hydrogens is 981 g/mol. The van der Waals surface area contributed by atoms with Gasteiger partial charge in [-0.15, -0.1) is 0 Å². The highest BCUT2D eigenvalue weighted by atomic mass is 16.7. The molecule has 0 aromatic heterocycles. The van der Waals surface area contributed by atoms with Gasteiger partial charge in [-0.05, 0) is 70.6 Å². The minimum absolute atomic E-state index is 0.0609. The first-order valence-electron chi connectivity index (χ1n) is 31.6. The van der Waals surface area contributed by atoms with Gasteiger partial charge < -0.3 is 64.2 Å². The van der Waals surface area contributed by atoms with Gasteiger partial charge in [0, 0.05) is 13.0 Å². The zero-order chi connectivity index (χ0) is 55.8. The third kappa shape index (κ3) is 36.3. The van der Waals surface area contributed by atoms with Crippen molar-refractivity contribution in [3.05, 3.63) is 36.5 Å². The van der Waals surface area contributed by atoms with Crippen LogP contribution in [0, 0.1) is 0 Å². The van der Waals surface area contributed by atoms with Crippen LogP contribution in [0.3, 0.4) is 0 Å². The van der Waals surface area contributed by atoms with Crippen molar-refractivity contribution in [2.24, 2.45) is 0 Å². The van der Waals surface area contributed by atoms with E-state index >= 15 is 0 Å². The summed E-state index contributed by atoms with van der Waals surface area (Å²) in [6.07, 6.45) is 43.5. The predicted molar refractivity (Wildman–Crippen MR) is 307 cm³/mol. The van der Waals surface area contributed by atoms with E-state index < -0.39 is 80.7 Å². The average Bonchev–Trinajstić information content (AvgIpc) is 3.43. The summed E-state index contributed by atoms with van der Waals surface area (Å²) in [6, 6.07) is 0. The molecule has 2 fully saturated rings. The lowest BCUT2D eigenvalue weighted by Gasteiger charge is -2.42. The van der Waals surface area contributed by atoms with Crippen LogP contribution in [-0.4, -0.2) is 142 Å². The van der Waals surface area contributed by atoms with Crippen LogP contribution >= 0.6 is 0 Å². The zero-order valence-electron chi connectivity index (χ0n) is 48.7. The van der Waals surface area contributed by atoms with Crippen molar-refractivity contribution in [2.75, 3.05) is 33.0 Å². The van der Waals surface area contributed by atoms with Gasteiger partial charge in [-0.25, -0.2) is 0 Å². The molecule has 7 N–H and O–H groups in total. The van der Waals surface area contributed by atoms with Crippen LogP contribution in [0.25, 0.3) is 0 Å². The predicted octanol–water partition coefficient (Wildman–Crippen LogP) is 12.1. The Morgan fingerprint density at radius 2 is 0.805 bits per heavy atom. The van der Waals surface area contributed by atoms with Gasteiger partial charge in [0.25, 0.3) is 0 Å². The molecule has 2 heterocycles. The Kier molecular flexibility index (Phi) is 46.3. The lowest BCUT2D eigenvalue weighted by Crippen LogP contribution is -2.61. The van der Waals surface area contributed by atoms with Crippen LogP contribution in [0.1, 0.15) is 258 Å². The molecule has 2 aliphatic heterocycles. The quantitative estimate of drug-likeness (QED) is 0.0172. The molecule has 0 amide bonds. The van der Waals surface area contributed by atoms with Crippen molar-refractivity contribution < 1.29 is 69.0 Å². The summed E-state index contributed by atoms with van der Waals surface area (Å²) in [6.45, 7) is 3.71. The summed E-state index contributed by atoms with van der Waals surface area (Å²) in [5, 5.41) is 72.5. The Morgan fingerprint density at radius 1 is 0.429 bits per heavy atom. The number of rotatable bonds is 52. The largest absolute Gasteiger partial charge is 0.457 e. The lowest BCUT2D eigenvalue weighted by molar-refractivity contribution is -0.332. The maximum Gasteiger partial charge on any atom is 0.306 e. The van der Waals surface area contributed by atoms with E-state index in [-0.39, 0.29) is 25.6 Å². The monoisotopic (exact) mass is 1100 g/mol. The maximum absolute atomic E-state index is 13.1. The van der Waals surface area contributed by atoms with Crippen LogP contribution < -0.4 is 0 Å². The first kappa shape index (κ1) is 71.3. The summed E-state index contributed by atoms with van der Waals surface area (Å²) in [4.78, 5) is 13.1. The number of ether oxygens (including phenoxy) is 6. The maximum atomic E-state index is 13.1. The second-order valence-corrected chi connectivity index (χ2v) is 22.2. The highest BCUT2D eigenvalue weighted by Crippen LogP contribution is 2.27. The number of esters is 1. The number of aliphatic hydroxyl groups excluding tert-OH is 7. The number of carbonyl (C=O) groups is 1. The molecule has 11 atom stereocenters. The Labute approximate surface area is 468 Å². The highest BCUT2D eigenvalue weighted by molar-refractivity contribution is 5.69. The van der Waals surface area contributed by atoms with Crippen molar-refractivity contribution in [2.45, 2.75) is 325 Å². The number of unbranched alkanes of at least 4 members (excludes halogenated alkanes) is 32. The first-order chi connectivity index (χ1) is 37.6. The molecule has 0 aromatic rings. The molecule has 2 aliphatic rings. The zero-order valence-corrected chi connectivity index (χ0v) is 48.7. The van der Waals surface area contributed by atoms with Crippen LogP contribution in [0.2, 0.25) is 0 Å². The molecule has 14 nitrogen and oxygen atoms in total. The molecule has 0 bridgehead atoms. The highest BCUT2D eigenvalue weighted by Gasteiger charge is 2.47.